The van der Waals surface area contributed by atoms with E-state index in [1.807, 2.05) is 11.7 Å². The summed E-state index contributed by atoms with van der Waals surface area (Å²) in [7, 11) is 1.88. The first-order valence-electron chi connectivity index (χ1n) is 8.31. The molecule has 130 valence electrons. The fourth-order valence-corrected chi connectivity index (χ4v) is 3.07. The lowest BCUT2D eigenvalue weighted by molar-refractivity contribution is 0.0947. The average molecular weight is 349 g/mol. The molecule has 1 aliphatic rings. The van der Waals surface area contributed by atoms with Crippen LogP contribution in [0.25, 0.3) is 5.69 Å². The molecule has 0 atom stereocenters. The van der Waals surface area contributed by atoms with E-state index in [-0.39, 0.29) is 18.3 Å². The number of amides is 1. The number of aryl methyl sites for hydroxylation is 1. The van der Waals surface area contributed by atoms with Crippen LogP contribution in [0.4, 0.5) is 0 Å². The third-order valence-corrected chi connectivity index (χ3v) is 4.33. The van der Waals surface area contributed by atoms with Crippen LogP contribution in [0.2, 0.25) is 0 Å². The predicted molar refractivity (Wildman–Crippen MR) is 98.5 cm³/mol. The van der Waals surface area contributed by atoms with Gasteiger partial charge in [-0.15, -0.1) is 12.4 Å². The van der Waals surface area contributed by atoms with Crippen LogP contribution in [0, 0.1) is 6.92 Å². The molecule has 0 spiro atoms. The third kappa shape index (κ3) is 3.79. The van der Waals surface area contributed by atoms with Crippen LogP contribution >= 0.6 is 12.4 Å². The van der Waals surface area contributed by atoms with Crippen LogP contribution in [0.5, 0.6) is 0 Å². The number of nitrogens with one attached hydrogen (secondary N) is 2. The predicted octanol–water partition coefficient (Wildman–Crippen LogP) is 2.43. The summed E-state index contributed by atoms with van der Waals surface area (Å²) in [5, 5.41) is 10.6. The second-order valence-electron chi connectivity index (χ2n) is 6.09. The molecule has 0 saturated carbocycles. The summed E-state index contributed by atoms with van der Waals surface area (Å²) in [5.41, 5.74) is 5.16. The number of fused-ring (bicyclic) bond motifs is 1. The number of carbonyl (C=O) groups is 1. The SMILES string of the molecule is CNCCNC(=O)c1nn(-c2ccc(C)cc2)c2c1CCCC2.Cl. The second kappa shape index (κ2) is 8.31. The molecule has 5 nitrogen and oxygen atoms in total. The number of benzene rings is 1. The van der Waals surface area contributed by atoms with Gasteiger partial charge in [0.2, 0.25) is 0 Å². The maximum Gasteiger partial charge on any atom is 0.272 e. The van der Waals surface area contributed by atoms with Crippen molar-refractivity contribution in [1.29, 1.82) is 0 Å². The maximum absolute atomic E-state index is 12.5. The number of carbonyl (C=O) groups excluding carboxylic acids is 1. The summed E-state index contributed by atoms with van der Waals surface area (Å²) in [6, 6.07) is 8.30. The van der Waals surface area contributed by atoms with E-state index in [2.05, 4.69) is 46.9 Å². The Morgan fingerprint density at radius 2 is 1.88 bits per heavy atom. The van der Waals surface area contributed by atoms with Gasteiger partial charge < -0.3 is 10.6 Å². The highest BCUT2D eigenvalue weighted by Crippen LogP contribution is 2.27. The molecule has 2 aromatic rings. The normalized spacial score (nSPS) is 13.1. The van der Waals surface area contributed by atoms with Crippen LogP contribution in [-0.4, -0.2) is 35.8 Å². The van der Waals surface area contributed by atoms with E-state index in [1.54, 1.807) is 0 Å². The number of aromatic nitrogens is 2. The van der Waals surface area contributed by atoms with Crippen LogP contribution in [-0.2, 0) is 12.8 Å². The molecule has 0 radical (unpaired) electrons. The molecule has 1 aromatic carbocycles. The van der Waals surface area contributed by atoms with Crippen LogP contribution in [0.1, 0.15) is 40.2 Å². The van der Waals surface area contributed by atoms with Crippen LogP contribution < -0.4 is 10.6 Å². The Kier molecular flexibility index (Phi) is 6.40. The lowest BCUT2D eigenvalue weighted by Crippen LogP contribution is -2.31. The highest BCUT2D eigenvalue weighted by atomic mass is 35.5. The maximum atomic E-state index is 12.5. The summed E-state index contributed by atoms with van der Waals surface area (Å²) >= 11 is 0. The first-order valence-corrected chi connectivity index (χ1v) is 8.31. The number of rotatable bonds is 5. The summed E-state index contributed by atoms with van der Waals surface area (Å²) in [6.07, 6.45) is 4.21. The van der Waals surface area contributed by atoms with E-state index in [9.17, 15) is 4.79 Å². The van der Waals surface area contributed by atoms with Crippen molar-refractivity contribution >= 4 is 18.3 Å². The molecular weight excluding hydrogens is 324 g/mol. The number of hydrogen-bond donors (Lipinski definition) is 2. The van der Waals surface area contributed by atoms with Gasteiger partial charge in [-0.1, -0.05) is 17.7 Å². The first kappa shape index (κ1) is 18.5. The molecule has 24 heavy (non-hydrogen) atoms. The van der Waals surface area contributed by atoms with Gasteiger partial charge in [0.05, 0.1) is 5.69 Å². The van der Waals surface area contributed by atoms with Gasteiger partial charge in [0.25, 0.3) is 5.91 Å². The number of hydrogen-bond acceptors (Lipinski definition) is 3. The second-order valence-corrected chi connectivity index (χ2v) is 6.09. The zero-order valence-electron chi connectivity index (χ0n) is 14.3. The number of likely N-dealkylation sites (N-methyl/N-ethyl adjacent to an activating group) is 1. The van der Waals surface area contributed by atoms with E-state index in [0.29, 0.717) is 12.2 Å². The van der Waals surface area contributed by atoms with Crippen molar-refractivity contribution in [2.45, 2.75) is 32.6 Å². The molecule has 2 N–H and O–H groups in total. The van der Waals surface area contributed by atoms with E-state index in [0.717, 1.165) is 43.5 Å². The van der Waals surface area contributed by atoms with Crippen LogP contribution in [0.3, 0.4) is 0 Å². The fraction of sp³-hybridized carbons (Fsp3) is 0.444. The summed E-state index contributed by atoms with van der Waals surface area (Å²) < 4.78 is 1.96. The minimum absolute atomic E-state index is 0. The third-order valence-electron chi connectivity index (χ3n) is 4.33. The summed E-state index contributed by atoms with van der Waals surface area (Å²) in [5.74, 6) is -0.0655. The van der Waals surface area contributed by atoms with Gasteiger partial charge in [0.15, 0.2) is 5.69 Å². The quantitative estimate of drug-likeness (QED) is 0.816. The molecule has 1 heterocycles. The Morgan fingerprint density at radius 3 is 2.58 bits per heavy atom. The summed E-state index contributed by atoms with van der Waals surface area (Å²) in [4.78, 5) is 12.5. The van der Waals surface area contributed by atoms with Crippen molar-refractivity contribution in [3.63, 3.8) is 0 Å². The molecule has 6 heteroatoms. The molecule has 0 bridgehead atoms. The Hall–Kier alpha value is -1.85. The molecule has 0 unspecified atom stereocenters. The minimum atomic E-state index is -0.0655. The highest BCUT2D eigenvalue weighted by molar-refractivity contribution is 5.94. The standard InChI is InChI=1S/C18H24N4O.ClH/c1-13-7-9-14(10-8-13)22-16-6-4-3-5-15(16)17(21-22)18(23)20-12-11-19-2;/h7-10,19H,3-6,11-12H2,1-2H3,(H,20,23);1H. The molecule has 0 aliphatic heterocycles. The Labute approximate surface area is 149 Å². The van der Waals surface area contributed by atoms with Crippen molar-refractivity contribution in [3.05, 3.63) is 46.8 Å². The Bertz CT molecular complexity index is 694. The van der Waals surface area contributed by atoms with Gasteiger partial charge in [0.1, 0.15) is 0 Å². The van der Waals surface area contributed by atoms with Gasteiger partial charge in [-0.2, -0.15) is 5.10 Å². The van der Waals surface area contributed by atoms with E-state index < -0.39 is 0 Å². The minimum Gasteiger partial charge on any atom is -0.349 e. The van der Waals surface area contributed by atoms with Crippen molar-refractivity contribution in [2.75, 3.05) is 20.1 Å². The van der Waals surface area contributed by atoms with E-state index in [4.69, 9.17) is 0 Å². The zero-order chi connectivity index (χ0) is 16.2. The van der Waals surface area contributed by atoms with Crippen molar-refractivity contribution in [1.82, 2.24) is 20.4 Å². The van der Waals surface area contributed by atoms with E-state index >= 15 is 0 Å². The van der Waals surface area contributed by atoms with Crippen molar-refractivity contribution in [2.24, 2.45) is 0 Å². The smallest absolute Gasteiger partial charge is 0.272 e. The molecule has 1 aromatic heterocycles. The Balaban J connectivity index is 0.00000208. The Morgan fingerprint density at radius 1 is 1.17 bits per heavy atom. The summed E-state index contributed by atoms with van der Waals surface area (Å²) in [6.45, 7) is 3.44. The van der Waals surface area contributed by atoms with E-state index in [1.165, 1.54) is 11.3 Å². The van der Waals surface area contributed by atoms with Crippen molar-refractivity contribution < 1.29 is 4.79 Å². The lowest BCUT2D eigenvalue weighted by Gasteiger charge is -2.14. The molecule has 3 rings (SSSR count). The van der Waals surface area contributed by atoms with Gasteiger partial charge in [-0.3, -0.25) is 4.79 Å². The number of nitrogens with zero attached hydrogens (tertiary/aromatic N) is 2. The molecule has 1 aliphatic carbocycles. The van der Waals surface area contributed by atoms with Crippen LogP contribution in [0.15, 0.2) is 24.3 Å². The largest absolute Gasteiger partial charge is 0.349 e. The molecular formula is C18H25ClN4O. The molecule has 0 fully saturated rings. The fourth-order valence-electron chi connectivity index (χ4n) is 3.07. The van der Waals surface area contributed by atoms with Gasteiger partial charge >= 0.3 is 0 Å². The van der Waals surface area contributed by atoms with Gasteiger partial charge in [-0.25, -0.2) is 4.68 Å². The van der Waals surface area contributed by atoms with Gasteiger partial charge in [0, 0.05) is 24.3 Å². The molecule has 0 saturated heterocycles. The highest BCUT2D eigenvalue weighted by Gasteiger charge is 2.25. The number of halogens is 1. The monoisotopic (exact) mass is 348 g/mol. The topological polar surface area (TPSA) is 58.9 Å². The zero-order valence-corrected chi connectivity index (χ0v) is 15.1. The lowest BCUT2D eigenvalue weighted by atomic mass is 9.95. The average Bonchev–Trinajstić information content (AvgIpc) is 2.95. The van der Waals surface area contributed by atoms with Crippen molar-refractivity contribution in [3.8, 4) is 5.69 Å². The van der Waals surface area contributed by atoms with Gasteiger partial charge in [-0.05, 0) is 51.8 Å². The molecule has 1 amide bonds. The first-order chi connectivity index (χ1) is 11.2.